The highest BCUT2D eigenvalue weighted by Crippen LogP contribution is 2.18. The highest BCUT2D eigenvalue weighted by molar-refractivity contribution is 5.93. The van der Waals surface area contributed by atoms with Crippen molar-refractivity contribution >= 4 is 17.5 Å². The number of unbranched alkanes of at least 4 members (excludes halogenated alkanes) is 1. The quantitative estimate of drug-likeness (QED) is 0.872. The maximum absolute atomic E-state index is 12.3. The van der Waals surface area contributed by atoms with Crippen LogP contribution in [0.4, 0.5) is 5.69 Å². The molecule has 0 aromatic heterocycles. The van der Waals surface area contributed by atoms with E-state index in [0.717, 1.165) is 50.3 Å². The second-order valence-electron chi connectivity index (χ2n) is 6.56. The number of amides is 2. The van der Waals surface area contributed by atoms with Crippen LogP contribution in [0.5, 0.6) is 0 Å². The first-order valence-corrected chi connectivity index (χ1v) is 8.87. The van der Waals surface area contributed by atoms with Gasteiger partial charge < -0.3 is 10.2 Å². The summed E-state index contributed by atoms with van der Waals surface area (Å²) in [7, 11) is 0. The van der Waals surface area contributed by atoms with Gasteiger partial charge in [-0.15, -0.1) is 0 Å². The van der Waals surface area contributed by atoms with E-state index in [1.165, 1.54) is 5.56 Å². The summed E-state index contributed by atoms with van der Waals surface area (Å²) in [6.45, 7) is 9.50. The van der Waals surface area contributed by atoms with Crippen LogP contribution in [0.2, 0.25) is 0 Å². The van der Waals surface area contributed by atoms with Crippen molar-refractivity contribution in [3.63, 3.8) is 0 Å². The van der Waals surface area contributed by atoms with E-state index < -0.39 is 0 Å². The van der Waals surface area contributed by atoms with Crippen molar-refractivity contribution in [3.8, 4) is 0 Å². The van der Waals surface area contributed by atoms with Crippen molar-refractivity contribution in [1.29, 1.82) is 0 Å². The number of hydrogen-bond donors (Lipinski definition) is 1. The zero-order chi connectivity index (χ0) is 17.5. The summed E-state index contributed by atoms with van der Waals surface area (Å²) in [5.41, 5.74) is 3.16. The van der Waals surface area contributed by atoms with Gasteiger partial charge in [-0.2, -0.15) is 0 Å². The smallest absolute Gasteiger partial charge is 0.238 e. The minimum absolute atomic E-state index is 0.00876. The molecular formula is C19H29N3O2. The summed E-state index contributed by atoms with van der Waals surface area (Å²) in [5, 5.41) is 3.00. The van der Waals surface area contributed by atoms with Crippen LogP contribution in [0, 0.1) is 13.8 Å². The molecule has 1 aliphatic rings. The Kier molecular flexibility index (Phi) is 6.79. The van der Waals surface area contributed by atoms with Gasteiger partial charge in [0.25, 0.3) is 0 Å². The Bertz CT molecular complexity index is 578. The molecule has 5 nitrogen and oxygen atoms in total. The third kappa shape index (κ3) is 5.06. The fourth-order valence-electron chi connectivity index (χ4n) is 2.92. The third-order valence-corrected chi connectivity index (χ3v) is 4.72. The molecule has 24 heavy (non-hydrogen) atoms. The molecule has 1 aliphatic heterocycles. The lowest BCUT2D eigenvalue weighted by molar-refractivity contribution is -0.133. The fourth-order valence-corrected chi connectivity index (χ4v) is 2.92. The number of carbonyl (C=O) groups excluding carboxylic acids is 2. The summed E-state index contributed by atoms with van der Waals surface area (Å²) in [5.74, 6) is 0.255. The van der Waals surface area contributed by atoms with E-state index in [-0.39, 0.29) is 11.8 Å². The topological polar surface area (TPSA) is 52.7 Å². The monoisotopic (exact) mass is 331 g/mol. The number of aryl methyl sites for hydroxylation is 1. The van der Waals surface area contributed by atoms with E-state index in [2.05, 4.69) is 17.1 Å². The normalized spacial score (nSPS) is 15.4. The van der Waals surface area contributed by atoms with Crippen molar-refractivity contribution in [2.24, 2.45) is 0 Å². The first-order chi connectivity index (χ1) is 11.5. The third-order valence-electron chi connectivity index (χ3n) is 4.72. The van der Waals surface area contributed by atoms with Crippen LogP contribution in [0.1, 0.15) is 37.3 Å². The molecule has 5 heteroatoms. The SMILES string of the molecule is CCCCC(=O)N1CCN(CC(=O)Nc2cccc(C)c2C)CC1. The lowest BCUT2D eigenvalue weighted by Gasteiger charge is -2.34. The molecule has 0 spiro atoms. The molecule has 0 aliphatic carbocycles. The Hall–Kier alpha value is -1.88. The maximum atomic E-state index is 12.3. The highest BCUT2D eigenvalue weighted by atomic mass is 16.2. The van der Waals surface area contributed by atoms with Crippen LogP contribution in [0.3, 0.4) is 0 Å². The molecule has 2 rings (SSSR count). The number of benzene rings is 1. The molecular weight excluding hydrogens is 302 g/mol. The molecule has 0 saturated carbocycles. The molecule has 0 bridgehead atoms. The molecule has 0 radical (unpaired) electrons. The van der Waals surface area contributed by atoms with Crippen LogP contribution < -0.4 is 5.32 Å². The Morgan fingerprint density at radius 3 is 2.50 bits per heavy atom. The number of rotatable bonds is 6. The second-order valence-corrected chi connectivity index (χ2v) is 6.56. The zero-order valence-corrected chi connectivity index (χ0v) is 15.1. The van der Waals surface area contributed by atoms with Gasteiger partial charge in [0.15, 0.2) is 0 Å². The summed E-state index contributed by atoms with van der Waals surface area (Å²) in [6.07, 6.45) is 2.64. The Labute approximate surface area is 145 Å². The Morgan fingerprint density at radius 1 is 1.12 bits per heavy atom. The number of piperazine rings is 1. The minimum Gasteiger partial charge on any atom is -0.340 e. The summed E-state index contributed by atoms with van der Waals surface area (Å²) < 4.78 is 0. The van der Waals surface area contributed by atoms with Crippen LogP contribution in [-0.4, -0.2) is 54.3 Å². The van der Waals surface area contributed by atoms with Gasteiger partial charge in [-0.3, -0.25) is 14.5 Å². The van der Waals surface area contributed by atoms with Gasteiger partial charge >= 0.3 is 0 Å². The second kappa shape index (κ2) is 8.83. The minimum atomic E-state index is 0.00876. The largest absolute Gasteiger partial charge is 0.340 e. The maximum Gasteiger partial charge on any atom is 0.238 e. The van der Waals surface area contributed by atoms with E-state index in [9.17, 15) is 9.59 Å². The predicted molar refractivity (Wildman–Crippen MR) is 97.1 cm³/mol. The standard InChI is InChI=1S/C19H29N3O2/c1-4-5-9-19(24)22-12-10-21(11-13-22)14-18(23)20-17-8-6-7-15(2)16(17)3/h6-8H,4-5,9-14H2,1-3H3,(H,20,23). The Morgan fingerprint density at radius 2 is 1.83 bits per heavy atom. The van der Waals surface area contributed by atoms with Gasteiger partial charge in [-0.25, -0.2) is 0 Å². The summed E-state index contributed by atoms with van der Waals surface area (Å²) in [4.78, 5) is 28.3. The average molecular weight is 331 g/mol. The van der Waals surface area contributed by atoms with Crippen molar-refractivity contribution in [2.75, 3.05) is 38.0 Å². The molecule has 1 fully saturated rings. The van der Waals surface area contributed by atoms with Gasteiger partial charge in [-0.1, -0.05) is 25.5 Å². The van der Waals surface area contributed by atoms with Crippen molar-refractivity contribution in [2.45, 2.75) is 40.0 Å². The van der Waals surface area contributed by atoms with Crippen LogP contribution in [-0.2, 0) is 9.59 Å². The fraction of sp³-hybridized carbons (Fsp3) is 0.579. The van der Waals surface area contributed by atoms with Crippen LogP contribution in [0.25, 0.3) is 0 Å². The molecule has 1 N–H and O–H groups in total. The molecule has 132 valence electrons. The summed E-state index contributed by atoms with van der Waals surface area (Å²) in [6, 6.07) is 5.93. The zero-order valence-electron chi connectivity index (χ0n) is 15.1. The number of nitrogens with zero attached hydrogens (tertiary/aromatic N) is 2. The van der Waals surface area contributed by atoms with Gasteiger partial charge in [0, 0.05) is 38.3 Å². The van der Waals surface area contributed by atoms with E-state index in [4.69, 9.17) is 0 Å². The average Bonchev–Trinajstić information content (AvgIpc) is 2.57. The lowest BCUT2D eigenvalue weighted by atomic mass is 10.1. The molecule has 1 aromatic carbocycles. The first kappa shape index (κ1) is 18.5. The molecule has 1 heterocycles. The number of anilines is 1. The Balaban J connectivity index is 1.78. The van der Waals surface area contributed by atoms with Crippen molar-refractivity contribution in [3.05, 3.63) is 29.3 Å². The molecule has 1 aromatic rings. The number of hydrogen-bond acceptors (Lipinski definition) is 3. The van der Waals surface area contributed by atoms with Crippen molar-refractivity contribution < 1.29 is 9.59 Å². The van der Waals surface area contributed by atoms with Gasteiger partial charge in [0.1, 0.15) is 0 Å². The number of carbonyl (C=O) groups is 2. The van der Waals surface area contributed by atoms with E-state index in [1.807, 2.05) is 36.9 Å². The molecule has 0 atom stereocenters. The van der Waals surface area contributed by atoms with Crippen LogP contribution >= 0.6 is 0 Å². The van der Waals surface area contributed by atoms with E-state index in [0.29, 0.717) is 13.0 Å². The molecule has 2 amide bonds. The van der Waals surface area contributed by atoms with Gasteiger partial charge in [-0.05, 0) is 37.5 Å². The van der Waals surface area contributed by atoms with E-state index >= 15 is 0 Å². The predicted octanol–water partition coefficient (Wildman–Crippen LogP) is 2.58. The number of nitrogens with one attached hydrogen (secondary N) is 1. The van der Waals surface area contributed by atoms with Gasteiger partial charge in [0.05, 0.1) is 6.54 Å². The van der Waals surface area contributed by atoms with E-state index in [1.54, 1.807) is 0 Å². The van der Waals surface area contributed by atoms with Crippen molar-refractivity contribution in [1.82, 2.24) is 9.80 Å². The molecule has 0 unspecified atom stereocenters. The molecule has 1 saturated heterocycles. The summed E-state index contributed by atoms with van der Waals surface area (Å²) >= 11 is 0. The highest BCUT2D eigenvalue weighted by Gasteiger charge is 2.22. The lowest BCUT2D eigenvalue weighted by Crippen LogP contribution is -2.50. The van der Waals surface area contributed by atoms with Crippen LogP contribution in [0.15, 0.2) is 18.2 Å². The first-order valence-electron chi connectivity index (χ1n) is 8.87. The van der Waals surface area contributed by atoms with Gasteiger partial charge in [0.2, 0.25) is 11.8 Å².